The van der Waals surface area contributed by atoms with Crippen LogP contribution in [-0.4, -0.2) is 4.83 Å². The van der Waals surface area contributed by atoms with Crippen molar-refractivity contribution in [3.8, 4) is 0 Å². The molecule has 1 rings (SSSR count). The Morgan fingerprint density at radius 2 is 1.80 bits per heavy atom. The van der Waals surface area contributed by atoms with Gasteiger partial charge < -0.3 is 0 Å². The normalized spacial score (nSPS) is 15.4. The van der Waals surface area contributed by atoms with Gasteiger partial charge in [0.25, 0.3) is 0 Å². The predicted molar refractivity (Wildman–Crippen MR) is 75.1 cm³/mol. The molecule has 1 aromatic carbocycles. The van der Waals surface area contributed by atoms with Crippen molar-refractivity contribution >= 4 is 43.5 Å². The maximum absolute atomic E-state index is 6.22. The molecule has 0 aliphatic carbocycles. The van der Waals surface area contributed by atoms with Crippen LogP contribution in [0.5, 0.6) is 0 Å². The monoisotopic (exact) mass is 352 g/mol. The summed E-state index contributed by atoms with van der Waals surface area (Å²) in [5.74, 6) is 1.02. The molecule has 2 atom stereocenters. The molecule has 0 aromatic heterocycles. The Kier molecular flexibility index (Phi) is 5.14. The van der Waals surface area contributed by atoms with Crippen molar-refractivity contribution in [2.45, 2.75) is 31.5 Å². The fourth-order valence-electron chi connectivity index (χ4n) is 1.62. The van der Waals surface area contributed by atoms with Crippen molar-refractivity contribution in [3.63, 3.8) is 0 Å². The number of rotatable bonds is 3. The van der Waals surface area contributed by atoms with Gasteiger partial charge in [-0.2, -0.15) is 0 Å². The minimum absolute atomic E-state index is 0.422. The Balaban J connectivity index is 2.96. The summed E-state index contributed by atoms with van der Waals surface area (Å²) < 4.78 is 1.03. The maximum Gasteiger partial charge on any atom is 0.0452 e. The molecule has 0 fully saturated rings. The van der Waals surface area contributed by atoms with Crippen molar-refractivity contribution in [1.29, 1.82) is 0 Å². The highest BCUT2D eigenvalue weighted by molar-refractivity contribution is 9.10. The minimum atomic E-state index is 0.422. The first kappa shape index (κ1) is 13.5. The van der Waals surface area contributed by atoms with Crippen LogP contribution in [0.1, 0.15) is 32.3 Å². The van der Waals surface area contributed by atoms with E-state index in [0.717, 1.165) is 9.50 Å². The van der Waals surface area contributed by atoms with Crippen molar-refractivity contribution < 1.29 is 0 Å². The summed E-state index contributed by atoms with van der Waals surface area (Å²) >= 11 is 13.4. The Bertz CT molecular complexity index is 336. The lowest BCUT2D eigenvalue weighted by Gasteiger charge is -2.23. The predicted octanol–water partition coefficient (Wildman–Crippen LogP) is 5.63. The maximum atomic E-state index is 6.22. The molecule has 2 unspecified atom stereocenters. The molecule has 0 amide bonds. The van der Waals surface area contributed by atoms with E-state index in [1.54, 1.807) is 0 Å². The van der Waals surface area contributed by atoms with Gasteiger partial charge in [0.15, 0.2) is 0 Å². The molecule has 0 nitrogen and oxygen atoms in total. The Hall–Kier alpha value is 0.470. The van der Waals surface area contributed by atoms with E-state index in [2.05, 4.69) is 58.7 Å². The van der Waals surface area contributed by atoms with E-state index in [0.29, 0.717) is 16.7 Å². The quantitative estimate of drug-likeness (QED) is 0.618. The summed E-state index contributed by atoms with van der Waals surface area (Å²) in [6.07, 6.45) is 0. The van der Waals surface area contributed by atoms with E-state index in [4.69, 9.17) is 11.6 Å². The first-order chi connectivity index (χ1) is 6.93. The molecule has 3 heteroatoms. The summed E-state index contributed by atoms with van der Waals surface area (Å²) in [5, 5.41) is 0.835. The van der Waals surface area contributed by atoms with Crippen molar-refractivity contribution in [3.05, 3.63) is 33.3 Å². The lowest BCUT2D eigenvalue weighted by atomic mass is 9.92. The van der Waals surface area contributed by atoms with Crippen LogP contribution in [0.3, 0.4) is 0 Å². The molecule has 0 aliphatic heterocycles. The van der Waals surface area contributed by atoms with E-state index in [-0.39, 0.29) is 0 Å². The van der Waals surface area contributed by atoms with E-state index in [1.807, 2.05) is 12.1 Å². The van der Waals surface area contributed by atoms with Crippen LogP contribution in [0, 0.1) is 5.92 Å². The highest BCUT2D eigenvalue weighted by atomic mass is 79.9. The lowest BCUT2D eigenvalue weighted by Crippen LogP contribution is -2.15. The van der Waals surface area contributed by atoms with Gasteiger partial charge in [0.2, 0.25) is 0 Å². The van der Waals surface area contributed by atoms with Crippen molar-refractivity contribution in [1.82, 2.24) is 0 Å². The molecule has 0 saturated heterocycles. The van der Waals surface area contributed by atoms with E-state index >= 15 is 0 Å². The van der Waals surface area contributed by atoms with Crippen LogP contribution >= 0.6 is 43.5 Å². The van der Waals surface area contributed by atoms with Gasteiger partial charge in [-0.05, 0) is 29.5 Å². The van der Waals surface area contributed by atoms with Gasteiger partial charge >= 0.3 is 0 Å². The van der Waals surface area contributed by atoms with Crippen LogP contribution in [0.25, 0.3) is 0 Å². The number of hydrogen-bond donors (Lipinski definition) is 0. The van der Waals surface area contributed by atoms with Crippen molar-refractivity contribution in [2.75, 3.05) is 0 Å². The third-order valence-corrected chi connectivity index (χ3v) is 5.24. The standard InChI is InChI=1S/C12H15Br2Cl/c1-7(2)12(14)8(3)10-5-4-9(13)6-11(10)15/h4-8,12H,1-3H3. The summed E-state index contributed by atoms with van der Waals surface area (Å²) in [6, 6.07) is 6.08. The molecule has 15 heavy (non-hydrogen) atoms. The molecule has 0 radical (unpaired) electrons. The second-order valence-electron chi connectivity index (χ2n) is 4.14. The molecule has 1 aromatic rings. The van der Waals surface area contributed by atoms with Crippen molar-refractivity contribution in [2.24, 2.45) is 5.92 Å². The zero-order chi connectivity index (χ0) is 11.6. The van der Waals surface area contributed by atoms with Gasteiger partial charge in [0.1, 0.15) is 0 Å². The van der Waals surface area contributed by atoms with Gasteiger partial charge in [-0.15, -0.1) is 0 Å². The van der Waals surface area contributed by atoms with Gasteiger partial charge in [0, 0.05) is 14.3 Å². The summed E-state index contributed by atoms with van der Waals surface area (Å²) in [6.45, 7) is 6.62. The van der Waals surface area contributed by atoms with Crippen LogP contribution in [0.4, 0.5) is 0 Å². The largest absolute Gasteiger partial charge is 0.0881 e. The summed E-state index contributed by atoms with van der Waals surface area (Å²) in [5.41, 5.74) is 1.20. The third kappa shape index (κ3) is 3.47. The second kappa shape index (κ2) is 5.70. The molecule has 0 saturated carbocycles. The highest BCUT2D eigenvalue weighted by Crippen LogP contribution is 2.34. The molecule has 0 heterocycles. The second-order valence-corrected chi connectivity index (χ2v) is 6.52. The third-order valence-electron chi connectivity index (χ3n) is 2.57. The first-order valence-corrected chi connectivity index (χ1v) is 7.11. The number of hydrogen-bond acceptors (Lipinski definition) is 0. The zero-order valence-corrected chi connectivity index (χ0v) is 13.0. The lowest BCUT2D eigenvalue weighted by molar-refractivity contribution is 0.550. The van der Waals surface area contributed by atoms with E-state index in [1.165, 1.54) is 5.56 Å². The Morgan fingerprint density at radius 1 is 1.20 bits per heavy atom. The Labute approximate surface area is 114 Å². The molecule has 0 bridgehead atoms. The Morgan fingerprint density at radius 3 is 2.27 bits per heavy atom. The molecule has 0 N–H and O–H groups in total. The van der Waals surface area contributed by atoms with Crippen LogP contribution in [0.15, 0.2) is 22.7 Å². The molecular weight excluding hydrogens is 339 g/mol. The molecule has 0 aliphatic rings. The van der Waals surface area contributed by atoms with Gasteiger partial charge in [0.05, 0.1) is 0 Å². The molecule has 0 spiro atoms. The fraction of sp³-hybridized carbons (Fsp3) is 0.500. The average molecular weight is 355 g/mol. The molecule has 84 valence electrons. The van der Waals surface area contributed by atoms with Gasteiger partial charge in [-0.3, -0.25) is 0 Å². The molecular formula is C12H15Br2Cl. The highest BCUT2D eigenvalue weighted by Gasteiger charge is 2.21. The summed E-state index contributed by atoms with van der Waals surface area (Å²) in [4.78, 5) is 0.455. The van der Waals surface area contributed by atoms with E-state index in [9.17, 15) is 0 Å². The fourth-order valence-corrected chi connectivity index (χ4v) is 2.75. The number of benzene rings is 1. The SMILES string of the molecule is CC(C)C(Br)C(C)c1ccc(Br)cc1Cl. The van der Waals surface area contributed by atoms with Gasteiger partial charge in [-0.1, -0.05) is 70.3 Å². The topological polar surface area (TPSA) is 0 Å². The average Bonchev–Trinajstić information content (AvgIpc) is 2.15. The van der Waals surface area contributed by atoms with Crippen LogP contribution < -0.4 is 0 Å². The number of halogens is 3. The first-order valence-electron chi connectivity index (χ1n) is 5.02. The zero-order valence-electron chi connectivity index (χ0n) is 9.10. The van der Waals surface area contributed by atoms with Crippen LogP contribution in [-0.2, 0) is 0 Å². The smallest absolute Gasteiger partial charge is 0.0452 e. The van der Waals surface area contributed by atoms with Crippen LogP contribution in [0.2, 0.25) is 5.02 Å². The summed E-state index contributed by atoms with van der Waals surface area (Å²) in [7, 11) is 0. The van der Waals surface area contributed by atoms with Gasteiger partial charge in [-0.25, -0.2) is 0 Å². The number of alkyl halides is 1. The minimum Gasteiger partial charge on any atom is -0.0881 e. The van der Waals surface area contributed by atoms with E-state index < -0.39 is 0 Å².